The van der Waals surface area contributed by atoms with Gasteiger partial charge < -0.3 is 9.47 Å². The van der Waals surface area contributed by atoms with Crippen LogP contribution in [0.3, 0.4) is 0 Å². The van der Waals surface area contributed by atoms with Crippen molar-refractivity contribution >= 4 is 35.6 Å². The Labute approximate surface area is 171 Å². The second-order valence-electron chi connectivity index (χ2n) is 6.39. The maximum absolute atomic E-state index is 13.1. The van der Waals surface area contributed by atoms with Crippen molar-refractivity contribution in [3.8, 4) is 0 Å². The number of nitrogens with zero attached hydrogens (tertiary/aromatic N) is 4. The summed E-state index contributed by atoms with van der Waals surface area (Å²) >= 11 is 0. The zero-order valence-electron chi connectivity index (χ0n) is 16.3. The van der Waals surface area contributed by atoms with Gasteiger partial charge in [0.15, 0.2) is 0 Å². The topological polar surface area (TPSA) is 139 Å². The van der Waals surface area contributed by atoms with E-state index in [2.05, 4.69) is 28.3 Å². The lowest BCUT2D eigenvalue weighted by molar-refractivity contribution is -0.144. The van der Waals surface area contributed by atoms with Crippen LogP contribution < -0.4 is 5.32 Å². The fourth-order valence-corrected chi connectivity index (χ4v) is 2.90. The van der Waals surface area contributed by atoms with Crippen molar-refractivity contribution in [3.05, 3.63) is 36.7 Å². The van der Waals surface area contributed by atoms with Crippen molar-refractivity contribution < 1.29 is 33.4 Å². The summed E-state index contributed by atoms with van der Waals surface area (Å²) in [4.78, 5) is 69.0. The van der Waals surface area contributed by atoms with Gasteiger partial charge in [0.25, 0.3) is 5.91 Å². The molecule has 0 aromatic heterocycles. The molecule has 5 amide bonds. The summed E-state index contributed by atoms with van der Waals surface area (Å²) in [5.74, 6) is -4.67. The number of nitrogens with one attached hydrogen (secondary N) is 1. The fraction of sp³-hybridized carbons (Fsp3) is 0.389. The summed E-state index contributed by atoms with van der Waals surface area (Å²) in [6, 6.07) is -1.93. The average molecular weight is 417 g/mol. The molecule has 0 spiro atoms. The zero-order chi connectivity index (χ0) is 22.6. The number of imide groups is 1. The first kappa shape index (κ1) is 22.3. The normalized spacial score (nSPS) is 22.2. The monoisotopic (exact) mass is 417 g/mol. The number of aliphatic imine (C=N–C) groups is 1. The highest BCUT2D eigenvalue weighted by atomic mass is 16.5. The minimum Gasteiger partial charge on any atom is -0.458 e. The van der Waals surface area contributed by atoms with Gasteiger partial charge in [-0.25, -0.2) is 36.0 Å². The van der Waals surface area contributed by atoms with Gasteiger partial charge in [-0.2, -0.15) is 4.99 Å². The Bertz CT molecular complexity index is 905. The van der Waals surface area contributed by atoms with Gasteiger partial charge in [-0.15, -0.1) is 0 Å². The number of carbonyl (C=O) groups is 5. The van der Waals surface area contributed by atoms with Crippen LogP contribution >= 0.6 is 0 Å². The van der Waals surface area contributed by atoms with E-state index in [9.17, 15) is 24.0 Å². The number of esters is 2. The molecule has 158 valence electrons. The van der Waals surface area contributed by atoms with Gasteiger partial charge in [0.05, 0.1) is 13.1 Å². The summed E-state index contributed by atoms with van der Waals surface area (Å²) in [7, 11) is 0. The number of rotatable bonds is 8. The van der Waals surface area contributed by atoms with Gasteiger partial charge in [-0.3, -0.25) is 14.5 Å². The Morgan fingerprint density at radius 1 is 1.17 bits per heavy atom. The van der Waals surface area contributed by atoms with Crippen molar-refractivity contribution in [2.45, 2.75) is 31.8 Å². The predicted octanol–water partition coefficient (Wildman–Crippen LogP) is 0.223. The number of amides is 5. The number of urea groups is 2. The van der Waals surface area contributed by atoms with Gasteiger partial charge in [0.2, 0.25) is 5.71 Å². The lowest BCUT2D eigenvalue weighted by atomic mass is 10.1. The highest BCUT2D eigenvalue weighted by Crippen LogP contribution is 2.30. The Morgan fingerprint density at radius 2 is 1.70 bits per heavy atom. The number of hydrogen-bond donors (Lipinski definition) is 1. The molecule has 12 heteroatoms. The van der Waals surface area contributed by atoms with Crippen LogP contribution in [-0.2, 0) is 23.9 Å². The van der Waals surface area contributed by atoms with Crippen LogP contribution in [0.1, 0.15) is 13.8 Å². The molecule has 2 heterocycles. The van der Waals surface area contributed by atoms with Crippen LogP contribution in [0.2, 0.25) is 0 Å². The van der Waals surface area contributed by atoms with Crippen molar-refractivity contribution in [1.29, 1.82) is 0 Å². The smallest absolute Gasteiger partial charge is 0.446 e. The molecule has 0 bridgehead atoms. The second-order valence-corrected chi connectivity index (χ2v) is 6.39. The van der Waals surface area contributed by atoms with Gasteiger partial charge >= 0.3 is 29.8 Å². The zero-order valence-corrected chi connectivity index (χ0v) is 16.3. The van der Waals surface area contributed by atoms with Crippen LogP contribution in [0, 0.1) is 6.57 Å². The Kier molecular flexibility index (Phi) is 6.36. The molecule has 2 aliphatic rings. The highest BCUT2D eigenvalue weighted by molar-refractivity contribution is 6.49. The van der Waals surface area contributed by atoms with E-state index < -0.39 is 53.6 Å². The third kappa shape index (κ3) is 4.04. The average Bonchev–Trinajstić information content (AvgIpc) is 3.05. The van der Waals surface area contributed by atoms with Crippen molar-refractivity contribution in [3.63, 3.8) is 0 Å². The Hall–Kier alpha value is -4.01. The molecule has 2 aliphatic heterocycles. The SMILES string of the molecule is [C-]#[N+]C12NC(=O)N=C1C(=O)N(CC(C)OC(=O)C=C)C(=O)N2CC(C)OC(=O)C=C. The van der Waals surface area contributed by atoms with Crippen molar-refractivity contribution in [1.82, 2.24) is 15.1 Å². The van der Waals surface area contributed by atoms with Gasteiger partial charge in [-0.05, 0) is 13.8 Å². The molecule has 0 aliphatic carbocycles. The van der Waals surface area contributed by atoms with E-state index in [0.29, 0.717) is 4.90 Å². The molecule has 3 unspecified atom stereocenters. The van der Waals surface area contributed by atoms with E-state index in [1.807, 2.05) is 0 Å². The first-order valence-electron chi connectivity index (χ1n) is 8.69. The van der Waals surface area contributed by atoms with E-state index in [-0.39, 0.29) is 13.1 Å². The first-order chi connectivity index (χ1) is 14.1. The third-order valence-electron chi connectivity index (χ3n) is 4.13. The van der Waals surface area contributed by atoms with Gasteiger partial charge in [-0.1, -0.05) is 13.2 Å². The molecule has 1 N–H and O–H groups in total. The lowest BCUT2D eigenvalue weighted by Crippen LogP contribution is -2.73. The largest absolute Gasteiger partial charge is 0.458 e. The van der Waals surface area contributed by atoms with Crippen LogP contribution in [-0.4, -0.2) is 76.5 Å². The number of fused-ring (bicyclic) bond motifs is 1. The molecule has 30 heavy (non-hydrogen) atoms. The molecular weight excluding hydrogens is 398 g/mol. The highest BCUT2D eigenvalue weighted by Gasteiger charge is 2.65. The summed E-state index contributed by atoms with van der Waals surface area (Å²) in [6.07, 6.45) is 0.0242. The molecule has 2 rings (SSSR count). The molecule has 0 radical (unpaired) electrons. The van der Waals surface area contributed by atoms with Crippen LogP contribution in [0.4, 0.5) is 9.59 Å². The minimum atomic E-state index is -2.17. The molecule has 1 saturated heterocycles. The molecular formula is C18H19N5O7. The summed E-state index contributed by atoms with van der Waals surface area (Å²) in [6.45, 7) is 16.2. The molecule has 0 aromatic rings. The Balaban J connectivity index is 2.38. The standard InChI is InChI=1S/C18H19N5O7/c1-6-12(24)29-10(3)8-22-15(26)14-18(19-5,21-16(27)20-14)23(17(22)28)9-11(4)30-13(25)7-2/h6-7,10-11H,1-2,8-9H2,3-4H3,(H,21,27). The van der Waals surface area contributed by atoms with Crippen molar-refractivity contribution in [2.75, 3.05) is 13.1 Å². The minimum absolute atomic E-state index is 0.343. The number of ether oxygens (including phenoxy) is 2. The van der Waals surface area contributed by atoms with Crippen molar-refractivity contribution in [2.24, 2.45) is 4.99 Å². The summed E-state index contributed by atoms with van der Waals surface area (Å²) in [5.41, 5.74) is -0.508. The maximum atomic E-state index is 13.1. The number of carbonyl (C=O) groups excluding carboxylic acids is 5. The quantitative estimate of drug-likeness (QED) is 0.339. The first-order valence-corrected chi connectivity index (χ1v) is 8.69. The predicted molar refractivity (Wildman–Crippen MR) is 101 cm³/mol. The van der Waals surface area contributed by atoms with E-state index in [4.69, 9.17) is 16.0 Å². The maximum Gasteiger partial charge on any atom is 0.446 e. The Morgan fingerprint density at radius 3 is 2.20 bits per heavy atom. The molecule has 3 atom stereocenters. The van der Waals surface area contributed by atoms with Gasteiger partial charge in [0, 0.05) is 12.2 Å². The summed E-state index contributed by atoms with van der Waals surface area (Å²) < 4.78 is 10.0. The van der Waals surface area contributed by atoms with Gasteiger partial charge in [0.1, 0.15) is 12.2 Å². The van der Waals surface area contributed by atoms with E-state index in [1.165, 1.54) is 13.8 Å². The van der Waals surface area contributed by atoms with E-state index in [0.717, 1.165) is 17.1 Å². The molecule has 0 saturated carbocycles. The number of hydrogen-bond acceptors (Lipinski definition) is 7. The second kappa shape index (κ2) is 8.56. The van der Waals surface area contributed by atoms with E-state index in [1.54, 1.807) is 0 Å². The lowest BCUT2D eigenvalue weighted by Gasteiger charge is -2.40. The van der Waals surface area contributed by atoms with Crippen LogP contribution in [0.25, 0.3) is 4.85 Å². The van der Waals surface area contributed by atoms with Crippen LogP contribution in [0.5, 0.6) is 0 Å². The molecule has 1 fully saturated rings. The third-order valence-corrected chi connectivity index (χ3v) is 4.13. The molecule has 0 aromatic carbocycles. The fourth-order valence-electron chi connectivity index (χ4n) is 2.90. The summed E-state index contributed by atoms with van der Waals surface area (Å²) in [5, 5.41) is 2.22. The molecule has 12 nitrogen and oxygen atoms in total. The van der Waals surface area contributed by atoms with Crippen LogP contribution in [0.15, 0.2) is 30.3 Å². The van der Waals surface area contributed by atoms with E-state index >= 15 is 0 Å².